The summed E-state index contributed by atoms with van der Waals surface area (Å²) >= 11 is 0. The standard InChI is InChI=1S/C22H27FN2O/c1-17-6-3-4-7-21(17)18(2)16-22(26)25-13-5-12-24(14-15-25)20-10-8-19(23)9-11-20/h3-4,6-11,18H,5,12-16H2,1-2H3. The third-order valence-electron chi connectivity index (χ3n) is 5.24. The number of hydrogen-bond acceptors (Lipinski definition) is 2. The van der Waals surface area contributed by atoms with E-state index in [1.54, 1.807) is 0 Å². The summed E-state index contributed by atoms with van der Waals surface area (Å²) in [5.74, 6) is 0.229. The van der Waals surface area contributed by atoms with E-state index in [1.807, 2.05) is 29.2 Å². The predicted molar refractivity (Wildman–Crippen MR) is 104 cm³/mol. The third-order valence-corrected chi connectivity index (χ3v) is 5.24. The van der Waals surface area contributed by atoms with Crippen LogP contribution in [0.15, 0.2) is 48.5 Å². The second-order valence-electron chi connectivity index (χ2n) is 7.16. The molecule has 1 saturated heterocycles. The molecule has 3 rings (SSSR count). The van der Waals surface area contributed by atoms with E-state index in [1.165, 1.54) is 23.3 Å². The molecule has 138 valence electrons. The second-order valence-corrected chi connectivity index (χ2v) is 7.16. The van der Waals surface area contributed by atoms with Gasteiger partial charge in [0.15, 0.2) is 0 Å². The Kier molecular flexibility index (Phi) is 5.92. The van der Waals surface area contributed by atoms with Crippen molar-refractivity contribution in [3.05, 3.63) is 65.5 Å². The molecule has 0 N–H and O–H groups in total. The van der Waals surface area contributed by atoms with E-state index >= 15 is 0 Å². The molecule has 1 atom stereocenters. The maximum atomic E-state index is 13.1. The number of amides is 1. The molecule has 0 spiro atoms. The summed E-state index contributed by atoms with van der Waals surface area (Å²) in [4.78, 5) is 17.0. The lowest BCUT2D eigenvalue weighted by Crippen LogP contribution is -2.35. The van der Waals surface area contributed by atoms with Crippen molar-refractivity contribution in [3.63, 3.8) is 0 Å². The minimum absolute atomic E-state index is 0.217. The van der Waals surface area contributed by atoms with Crippen molar-refractivity contribution < 1.29 is 9.18 Å². The number of aryl methyl sites for hydroxylation is 1. The van der Waals surface area contributed by atoms with Crippen LogP contribution in [0.25, 0.3) is 0 Å². The van der Waals surface area contributed by atoms with Crippen LogP contribution >= 0.6 is 0 Å². The first-order chi connectivity index (χ1) is 12.5. The molecule has 1 unspecified atom stereocenters. The molecule has 4 heteroatoms. The first-order valence-corrected chi connectivity index (χ1v) is 9.38. The Morgan fingerprint density at radius 1 is 1.04 bits per heavy atom. The molecule has 1 aliphatic heterocycles. The minimum atomic E-state index is -0.217. The number of carbonyl (C=O) groups excluding carboxylic acids is 1. The summed E-state index contributed by atoms with van der Waals surface area (Å²) in [6, 6.07) is 14.9. The highest BCUT2D eigenvalue weighted by molar-refractivity contribution is 5.77. The van der Waals surface area contributed by atoms with Gasteiger partial charge in [0.05, 0.1) is 0 Å². The highest BCUT2D eigenvalue weighted by Gasteiger charge is 2.22. The molecule has 0 saturated carbocycles. The van der Waals surface area contributed by atoms with E-state index in [0.717, 1.165) is 38.3 Å². The lowest BCUT2D eigenvalue weighted by molar-refractivity contribution is -0.131. The van der Waals surface area contributed by atoms with E-state index in [4.69, 9.17) is 0 Å². The lowest BCUT2D eigenvalue weighted by atomic mass is 9.93. The maximum Gasteiger partial charge on any atom is 0.223 e. The van der Waals surface area contributed by atoms with Gasteiger partial charge in [0.25, 0.3) is 0 Å². The van der Waals surface area contributed by atoms with Gasteiger partial charge in [-0.05, 0) is 54.7 Å². The number of benzene rings is 2. The van der Waals surface area contributed by atoms with Crippen LogP contribution in [-0.4, -0.2) is 37.0 Å². The average molecular weight is 354 g/mol. The van der Waals surface area contributed by atoms with Gasteiger partial charge in [0.2, 0.25) is 5.91 Å². The van der Waals surface area contributed by atoms with Crippen molar-refractivity contribution in [3.8, 4) is 0 Å². The number of halogens is 1. The van der Waals surface area contributed by atoms with Gasteiger partial charge in [0, 0.05) is 38.3 Å². The van der Waals surface area contributed by atoms with Crippen molar-refractivity contribution in [2.45, 2.75) is 32.6 Å². The molecular formula is C22H27FN2O. The Morgan fingerprint density at radius 3 is 2.50 bits per heavy atom. The van der Waals surface area contributed by atoms with Gasteiger partial charge >= 0.3 is 0 Å². The molecule has 26 heavy (non-hydrogen) atoms. The number of nitrogens with zero attached hydrogens (tertiary/aromatic N) is 2. The van der Waals surface area contributed by atoms with Crippen LogP contribution in [0, 0.1) is 12.7 Å². The fourth-order valence-electron chi connectivity index (χ4n) is 3.72. The Balaban J connectivity index is 1.59. The maximum absolute atomic E-state index is 13.1. The summed E-state index contributed by atoms with van der Waals surface area (Å²) in [5, 5.41) is 0. The summed E-state index contributed by atoms with van der Waals surface area (Å²) in [6.45, 7) is 7.41. The molecule has 3 nitrogen and oxygen atoms in total. The molecule has 2 aromatic carbocycles. The Morgan fingerprint density at radius 2 is 1.77 bits per heavy atom. The summed E-state index contributed by atoms with van der Waals surface area (Å²) in [7, 11) is 0. The van der Waals surface area contributed by atoms with E-state index in [9.17, 15) is 9.18 Å². The fourth-order valence-corrected chi connectivity index (χ4v) is 3.72. The predicted octanol–water partition coefficient (Wildman–Crippen LogP) is 4.37. The Bertz CT molecular complexity index is 744. The van der Waals surface area contributed by atoms with Gasteiger partial charge in [0.1, 0.15) is 5.82 Å². The topological polar surface area (TPSA) is 23.6 Å². The van der Waals surface area contributed by atoms with Crippen LogP contribution < -0.4 is 4.90 Å². The Hall–Kier alpha value is -2.36. The zero-order chi connectivity index (χ0) is 18.5. The highest BCUT2D eigenvalue weighted by Crippen LogP contribution is 2.24. The SMILES string of the molecule is Cc1ccccc1C(C)CC(=O)N1CCCN(c2ccc(F)cc2)CC1. The molecule has 2 aromatic rings. The first kappa shape index (κ1) is 18.4. The summed E-state index contributed by atoms with van der Waals surface area (Å²) in [5.41, 5.74) is 3.52. The van der Waals surface area contributed by atoms with E-state index in [0.29, 0.717) is 6.42 Å². The van der Waals surface area contributed by atoms with Crippen LogP contribution in [0.1, 0.15) is 36.8 Å². The smallest absolute Gasteiger partial charge is 0.223 e. The van der Waals surface area contributed by atoms with Gasteiger partial charge in [-0.3, -0.25) is 4.79 Å². The van der Waals surface area contributed by atoms with Gasteiger partial charge in [-0.25, -0.2) is 4.39 Å². The summed E-state index contributed by atoms with van der Waals surface area (Å²) < 4.78 is 13.1. The monoisotopic (exact) mass is 354 g/mol. The molecule has 0 radical (unpaired) electrons. The normalized spacial score (nSPS) is 16.3. The molecular weight excluding hydrogens is 327 g/mol. The Labute approximate surface area is 155 Å². The van der Waals surface area contributed by atoms with Crippen LogP contribution in [0.5, 0.6) is 0 Å². The van der Waals surface area contributed by atoms with E-state index in [-0.39, 0.29) is 17.6 Å². The molecule has 0 aliphatic carbocycles. The zero-order valence-electron chi connectivity index (χ0n) is 15.6. The summed E-state index contributed by atoms with van der Waals surface area (Å²) in [6.07, 6.45) is 1.48. The van der Waals surface area contributed by atoms with Crippen molar-refractivity contribution in [2.24, 2.45) is 0 Å². The van der Waals surface area contributed by atoms with Crippen LogP contribution in [0.4, 0.5) is 10.1 Å². The third kappa shape index (κ3) is 4.43. The molecule has 1 amide bonds. The van der Waals surface area contributed by atoms with E-state index in [2.05, 4.69) is 30.9 Å². The van der Waals surface area contributed by atoms with Gasteiger partial charge in [-0.1, -0.05) is 31.2 Å². The number of anilines is 1. The molecule has 1 heterocycles. The van der Waals surface area contributed by atoms with Crippen molar-refractivity contribution in [2.75, 3.05) is 31.1 Å². The zero-order valence-corrected chi connectivity index (χ0v) is 15.6. The van der Waals surface area contributed by atoms with Crippen molar-refractivity contribution in [1.82, 2.24) is 4.90 Å². The van der Waals surface area contributed by atoms with Crippen molar-refractivity contribution >= 4 is 11.6 Å². The molecule has 0 bridgehead atoms. The second kappa shape index (κ2) is 8.35. The lowest BCUT2D eigenvalue weighted by Gasteiger charge is -2.25. The molecule has 1 fully saturated rings. The van der Waals surface area contributed by atoms with Crippen LogP contribution in [0.3, 0.4) is 0 Å². The minimum Gasteiger partial charge on any atom is -0.370 e. The quantitative estimate of drug-likeness (QED) is 0.814. The van der Waals surface area contributed by atoms with E-state index < -0.39 is 0 Å². The molecule has 0 aromatic heterocycles. The van der Waals surface area contributed by atoms with Crippen LogP contribution in [0.2, 0.25) is 0 Å². The number of hydrogen-bond donors (Lipinski definition) is 0. The van der Waals surface area contributed by atoms with Gasteiger partial charge in [-0.15, -0.1) is 0 Å². The highest BCUT2D eigenvalue weighted by atomic mass is 19.1. The van der Waals surface area contributed by atoms with Crippen molar-refractivity contribution in [1.29, 1.82) is 0 Å². The van der Waals surface area contributed by atoms with Crippen LogP contribution in [-0.2, 0) is 4.79 Å². The van der Waals surface area contributed by atoms with Gasteiger partial charge < -0.3 is 9.80 Å². The average Bonchev–Trinajstić information content (AvgIpc) is 2.89. The number of rotatable bonds is 4. The fraction of sp³-hybridized carbons (Fsp3) is 0.409. The molecule has 1 aliphatic rings. The largest absolute Gasteiger partial charge is 0.370 e. The first-order valence-electron chi connectivity index (χ1n) is 9.38. The number of carbonyl (C=O) groups is 1. The van der Waals surface area contributed by atoms with Gasteiger partial charge in [-0.2, -0.15) is 0 Å².